The van der Waals surface area contributed by atoms with Crippen LogP contribution in [0.1, 0.15) is 38.1 Å². The van der Waals surface area contributed by atoms with Crippen LogP contribution in [-0.4, -0.2) is 29.2 Å². The number of benzene rings is 1. The molecule has 0 aliphatic carbocycles. The lowest BCUT2D eigenvalue weighted by molar-refractivity contribution is -0.0179. The van der Waals surface area contributed by atoms with Gasteiger partial charge in [-0.2, -0.15) is 0 Å². The second-order valence-electron chi connectivity index (χ2n) is 6.22. The van der Waals surface area contributed by atoms with Gasteiger partial charge in [-0.25, -0.2) is 4.79 Å². The largest absolute Gasteiger partial charge is 0.444 e. The van der Waals surface area contributed by atoms with Crippen molar-refractivity contribution in [2.24, 2.45) is 0 Å². The molecule has 2 aliphatic rings. The Hall–Kier alpha value is -1.81. The average Bonchev–Trinajstić information content (AvgIpc) is 2.76. The molecular formula is C16H19NO3. The number of carbonyl (C=O) groups is 1. The maximum atomic E-state index is 12.3. The fourth-order valence-corrected chi connectivity index (χ4v) is 2.65. The highest BCUT2D eigenvalue weighted by molar-refractivity contribution is 5.76. The highest BCUT2D eigenvalue weighted by Crippen LogP contribution is 2.43. The van der Waals surface area contributed by atoms with Crippen LogP contribution in [0, 0.1) is 0 Å². The van der Waals surface area contributed by atoms with Crippen molar-refractivity contribution in [2.75, 3.05) is 6.54 Å². The smallest absolute Gasteiger partial charge is 0.412 e. The van der Waals surface area contributed by atoms with Crippen molar-refractivity contribution in [1.29, 1.82) is 0 Å². The number of fused-ring (bicyclic) bond motifs is 4. The van der Waals surface area contributed by atoms with E-state index in [2.05, 4.69) is 6.58 Å². The molecule has 0 aromatic heterocycles. The van der Waals surface area contributed by atoms with Gasteiger partial charge in [-0.3, -0.25) is 4.90 Å². The number of nitrogens with zero attached hydrogens (tertiary/aromatic N) is 1. The standard InChI is InChI=1S/C16H19NO3/c1-10-11-7-5-6-8-12(11)14-17(9-13(10)19-14)15(18)20-16(2,3)4/h5-8,13-14H,1,9H2,2-4H3. The molecule has 1 amide bonds. The zero-order valence-corrected chi connectivity index (χ0v) is 12.1. The molecule has 0 N–H and O–H groups in total. The molecule has 20 heavy (non-hydrogen) atoms. The van der Waals surface area contributed by atoms with Crippen LogP contribution in [0.4, 0.5) is 4.79 Å². The molecule has 1 aromatic carbocycles. The molecule has 106 valence electrons. The van der Waals surface area contributed by atoms with Crippen LogP contribution in [0.3, 0.4) is 0 Å². The molecule has 2 bridgehead atoms. The van der Waals surface area contributed by atoms with Gasteiger partial charge in [0.25, 0.3) is 0 Å². The Morgan fingerprint density at radius 1 is 1.40 bits per heavy atom. The van der Waals surface area contributed by atoms with Crippen molar-refractivity contribution >= 4 is 11.7 Å². The first-order valence-corrected chi connectivity index (χ1v) is 6.80. The van der Waals surface area contributed by atoms with Gasteiger partial charge in [-0.15, -0.1) is 0 Å². The lowest BCUT2D eigenvalue weighted by Crippen LogP contribution is -2.36. The molecule has 0 spiro atoms. The Balaban J connectivity index is 1.92. The Labute approximate surface area is 119 Å². The van der Waals surface area contributed by atoms with E-state index < -0.39 is 5.60 Å². The molecular weight excluding hydrogens is 254 g/mol. The summed E-state index contributed by atoms with van der Waals surface area (Å²) in [4.78, 5) is 14.0. The van der Waals surface area contributed by atoms with E-state index in [0.29, 0.717) is 6.54 Å². The molecule has 2 aliphatic heterocycles. The van der Waals surface area contributed by atoms with Crippen molar-refractivity contribution < 1.29 is 14.3 Å². The molecule has 0 saturated carbocycles. The lowest BCUT2D eigenvalue weighted by Gasteiger charge is -2.29. The van der Waals surface area contributed by atoms with Crippen molar-refractivity contribution in [2.45, 2.75) is 38.7 Å². The van der Waals surface area contributed by atoms with E-state index >= 15 is 0 Å². The Morgan fingerprint density at radius 3 is 2.80 bits per heavy atom. The lowest BCUT2D eigenvalue weighted by atomic mass is 9.95. The van der Waals surface area contributed by atoms with E-state index in [9.17, 15) is 4.79 Å². The summed E-state index contributed by atoms with van der Waals surface area (Å²) in [5.74, 6) is 0. The monoisotopic (exact) mass is 273 g/mol. The van der Waals surface area contributed by atoms with Gasteiger partial charge in [-0.05, 0) is 31.9 Å². The molecule has 3 rings (SSSR count). The third-order valence-electron chi connectivity index (χ3n) is 3.53. The summed E-state index contributed by atoms with van der Waals surface area (Å²) >= 11 is 0. The first kappa shape index (κ1) is 13.2. The van der Waals surface area contributed by atoms with Crippen LogP contribution in [0.2, 0.25) is 0 Å². The molecule has 4 nitrogen and oxygen atoms in total. The Morgan fingerprint density at radius 2 is 2.10 bits per heavy atom. The number of hydrogen-bond donors (Lipinski definition) is 0. The van der Waals surface area contributed by atoms with E-state index in [0.717, 1.165) is 16.7 Å². The van der Waals surface area contributed by atoms with Crippen LogP contribution < -0.4 is 0 Å². The van der Waals surface area contributed by atoms with Crippen molar-refractivity contribution in [1.82, 2.24) is 4.90 Å². The maximum Gasteiger partial charge on any atom is 0.412 e. The maximum absolute atomic E-state index is 12.3. The number of amides is 1. The van der Waals surface area contributed by atoms with Gasteiger partial charge in [0.2, 0.25) is 0 Å². The normalized spacial score (nSPS) is 24.6. The van der Waals surface area contributed by atoms with Gasteiger partial charge in [0.15, 0.2) is 6.23 Å². The minimum absolute atomic E-state index is 0.137. The third-order valence-corrected chi connectivity index (χ3v) is 3.53. The van der Waals surface area contributed by atoms with Crippen molar-refractivity contribution in [3.63, 3.8) is 0 Å². The number of hydrogen-bond acceptors (Lipinski definition) is 3. The van der Waals surface area contributed by atoms with E-state index in [-0.39, 0.29) is 18.4 Å². The number of carbonyl (C=O) groups excluding carboxylic acids is 1. The van der Waals surface area contributed by atoms with Crippen LogP contribution >= 0.6 is 0 Å². The molecule has 2 atom stereocenters. The summed E-state index contributed by atoms with van der Waals surface area (Å²) in [6, 6.07) is 7.93. The minimum atomic E-state index is -0.510. The highest BCUT2D eigenvalue weighted by atomic mass is 16.6. The van der Waals surface area contributed by atoms with Crippen LogP contribution in [-0.2, 0) is 9.47 Å². The summed E-state index contributed by atoms with van der Waals surface area (Å²) < 4.78 is 11.4. The summed E-state index contributed by atoms with van der Waals surface area (Å²) in [6.45, 7) is 10.2. The fraction of sp³-hybridized carbons (Fsp3) is 0.438. The van der Waals surface area contributed by atoms with Gasteiger partial charge in [0.1, 0.15) is 11.7 Å². The van der Waals surface area contributed by atoms with Crippen LogP contribution in [0.5, 0.6) is 0 Å². The molecule has 1 fully saturated rings. The zero-order chi connectivity index (χ0) is 14.5. The van der Waals surface area contributed by atoms with Gasteiger partial charge in [0, 0.05) is 5.56 Å². The van der Waals surface area contributed by atoms with Gasteiger partial charge in [-0.1, -0.05) is 30.8 Å². The van der Waals surface area contributed by atoms with Gasteiger partial charge in [0.05, 0.1) is 6.54 Å². The molecule has 2 heterocycles. The second-order valence-corrected chi connectivity index (χ2v) is 6.22. The summed E-state index contributed by atoms with van der Waals surface area (Å²) in [7, 11) is 0. The fourth-order valence-electron chi connectivity index (χ4n) is 2.65. The first-order chi connectivity index (χ1) is 9.37. The minimum Gasteiger partial charge on any atom is -0.444 e. The molecule has 4 heteroatoms. The number of rotatable bonds is 0. The third kappa shape index (κ3) is 2.10. The second kappa shape index (κ2) is 4.35. The topological polar surface area (TPSA) is 38.8 Å². The molecule has 2 unspecified atom stereocenters. The summed E-state index contributed by atoms with van der Waals surface area (Å²) in [6.07, 6.45) is -0.839. The van der Waals surface area contributed by atoms with E-state index in [4.69, 9.17) is 9.47 Å². The quantitative estimate of drug-likeness (QED) is 0.727. The van der Waals surface area contributed by atoms with Crippen molar-refractivity contribution in [3.8, 4) is 0 Å². The number of ether oxygens (including phenoxy) is 2. The van der Waals surface area contributed by atoms with Crippen LogP contribution in [0.25, 0.3) is 5.57 Å². The highest BCUT2D eigenvalue weighted by Gasteiger charge is 2.45. The van der Waals surface area contributed by atoms with E-state index in [1.807, 2.05) is 45.0 Å². The Bertz CT molecular complexity index is 573. The zero-order valence-electron chi connectivity index (χ0n) is 12.1. The predicted molar refractivity (Wildman–Crippen MR) is 76.0 cm³/mol. The van der Waals surface area contributed by atoms with Gasteiger partial charge < -0.3 is 9.47 Å². The van der Waals surface area contributed by atoms with E-state index in [1.165, 1.54) is 0 Å². The van der Waals surface area contributed by atoms with Gasteiger partial charge >= 0.3 is 6.09 Å². The average molecular weight is 273 g/mol. The first-order valence-electron chi connectivity index (χ1n) is 6.80. The predicted octanol–water partition coefficient (Wildman–Crippen LogP) is 3.35. The molecule has 1 aromatic rings. The Kier molecular flexibility index (Phi) is 2.87. The molecule has 0 radical (unpaired) electrons. The summed E-state index contributed by atoms with van der Waals surface area (Å²) in [5, 5.41) is 0. The van der Waals surface area contributed by atoms with E-state index in [1.54, 1.807) is 4.90 Å². The summed E-state index contributed by atoms with van der Waals surface area (Å²) in [5.41, 5.74) is 2.49. The SMILES string of the molecule is C=C1c2ccccc2C2OC1CN2C(=O)OC(C)(C)C. The molecule has 1 saturated heterocycles. The van der Waals surface area contributed by atoms with Crippen molar-refractivity contribution in [3.05, 3.63) is 42.0 Å². The van der Waals surface area contributed by atoms with Crippen LogP contribution in [0.15, 0.2) is 30.8 Å².